The van der Waals surface area contributed by atoms with Crippen LogP contribution < -0.4 is 10.6 Å². The third-order valence-corrected chi connectivity index (χ3v) is 7.89. The van der Waals surface area contributed by atoms with Crippen LogP contribution in [0.25, 0.3) is 11.3 Å². The standard InChI is InChI=1S/C29H33F2N5O4/c1-17(22-6-4-5-12-32-22)33-28(38)20-16-36(25-7-2-3-8-26(25)37)13-11-23(20)34-29(39)24-15-27(40-35-24)19-10-9-18(30)14-21(19)31/h4-6,9-10,12,14-15,17,20,23,25-26,37H,2-3,7-8,11,13,16H2,1H3,(H,33,38)(H,34,39)/t17-,20+,23+,25-,26-/m0/s1. The van der Waals surface area contributed by atoms with E-state index in [1.807, 2.05) is 19.1 Å². The zero-order chi connectivity index (χ0) is 28.2. The zero-order valence-corrected chi connectivity index (χ0v) is 22.2. The first-order valence-corrected chi connectivity index (χ1v) is 13.7. The van der Waals surface area contributed by atoms with Crippen LogP contribution in [0.5, 0.6) is 0 Å². The number of piperidine rings is 1. The molecule has 0 spiro atoms. The van der Waals surface area contributed by atoms with E-state index in [4.69, 9.17) is 4.52 Å². The largest absolute Gasteiger partial charge is 0.391 e. The van der Waals surface area contributed by atoms with E-state index in [0.29, 0.717) is 19.5 Å². The highest BCUT2D eigenvalue weighted by atomic mass is 19.1. The summed E-state index contributed by atoms with van der Waals surface area (Å²) < 4.78 is 32.7. The Balaban J connectivity index is 1.32. The van der Waals surface area contributed by atoms with E-state index in [-0.39, 0.29) is 35.0 Å². The van der Waals surface area contributed by atoms with E-state index in [1.165, 1.54) is 12.1 Å². The number of nitrogens with zero attached hydrogens (tertiary/aromatic N) is 3. The normalized spacial score (nSPS) is 24.3. The van der Waals surface area contributed by atoms with Gasteiger partial charge in [0.2, 0.25) is 5.91 Å². The van der Waals surface area contributed by atoms with Gasteiger partial charge in [0.05, 0.1) is 29.3 Å². The number of hydrogen-bond donors (Lipinski definition) is 3. The molecule has 3 aromatic rings. The molecule has 5 atom stereocenters. The molecular weight excluding hydrogens is 520 g/mol. The zero-order valence-electron chi connectivity index (χ0n) is 22.2. The van der Waals surface area contributed by atoms with Gasteiger partial charge < -0.3 is 20.3 Å². The number of halogens is 2. The number of aliphatic hydroxyl groups is 1. The maximum atomic E-state index is 14.2. The van der Waals surface area contributed by atoms with Gasteiger partial charge in [0.1, 0.15) is 11.6 Å². The molecule has 212 valence electrons. The van der Waals surface area contributed by atoms with E-state index in [2.05, 4.69) is 25.7 Å². The van der Waals surface area contributed by atoms with E-state index in [0.717, 1.165) is 43.5 Å². The first-order valence-electron chi connectivity index (χ1n) is 13.7. The van der Waals surface area contributed by atoms with Crippen molar-refractivity contribution in [3.05, 3.63) is 71.7 Å². The first-order chi connectivity index (χ1) is 19.3. The number of nitrogens with one attached hydrogen (secondary N) is 2. The molecule has 2 fully saturated rings. The van der Waals surface area contributed by atoms with E-state index >= 15 is 0 Å². The average molecular weight is 554 g/mol. The molecule has 0 radical (unpaired) electrons. The SMILES string of the molecule is C[C@H](NC(=O)[C@@H]1CN([C@H]2CCCC[C@@H]2O)CC[C@H]1NC(=O)c1cc(-c2ccc(F)cc2F)on1)c1ccccn1. The number of carbonyl (C=O) groups excluding carboxylic acids is 2. The fraction of sp³-hybridized carbons (Fsp3) is 0.448. The monoisotopic (exact) mass is 553 g/mol. The lowest BCUT2D eigenvalue weighted by Gasteiger charge is -2.44. The van der Waals surface area contributed by atoms with Gasteiger partial charge in [-0.1, -0.05) is 24.1 Å². The summed E-state index contributed by atoms with van der Waals surface area (Å²) in [6.07, 6.45) is 5.31. The predicted molar refractivity (Wildman–Crippen MR) is 142 cm³/mol. The molecule has 2 aliphatic rings. The quantitative estimate of drug-likeness (QED) is 0.409. The molecule has 11 heteroatoms. The van der Waals surface area contributed by atoms with E-state index in [1.54, 1.807) is 12.3 Å². The molecule has 0 bridgehead atoms. The lowest BCUT2D eigenvalue weighted by molar-refractivity contribution is -0.129. The van der Waals surface area contributed by atoms with Gasteiger partial charge in [0.15, 0.2) is 11.5 Å². The molecule has 2 aromatic heterocycles. The van der Waals surface area contributed by atoms with Gasteiger partial charge in [-0.2, -0.15) is 0 Å². The van der Waals surface area contributed by atoms with E-state index < -0.39 is 35.6 Å². The Morgan fingerprint density at radius 2 is 1.95 bits per heavy atom. The fourth-order valence-electron chi connectivity index (χ4n) is 5.70. The van der Waals surface area contributed by atoms with Crippen molar-refractivity contribution in [3.63, 3.8) is 0 Å². The summed E-state index contributed by atoms with van der Waals surface area (Å²) in [5.41, 5.74) is 0.618. The molecule has 5 rings (SSSR count). The maximum Gasteiger partial charge on any atom is 0.273 e. The highest BCUT2D eigenvalue weighted by molar-refractivity contribution is 5.94. The van der Waals surface area contributed by atoms with Crippen LogP contribution in [-0.4, -0.2) is 63.2 Å². The molecule has 3 N–H and O–H groups in total. The number of pyridine rings is 1. The highest BCUT2D eigenvalue weighted by Gasteiger charge is 2.40. The fourth-order valence-corrected chi connectivity index (χ4v) is 5.70. The smallest absolute Gasteiger partial charge is 0.273 e. The molecule has 1 saturated carbocycles. The molecule has 3 heterocycles. The second-order valence-corrected chi connectivity index (χ2v) is 10.6. The summed E-state index contributed by atoms with van der Waals surface area (Å²) in [4.78, 5) is 33.2. The maximum absolute atomic E-state index is 14.2. The number of benzene rings is 1. The summed E-state index contributed by atoms with van der Waals surface area (Å²) in [6.45, 7) is 2.83. The van der Waals surface area contributed by atoms with Crippen molar-refractivity contribution >= 4 is 11.8 Å². The van der Waals surface area contributed by atoms with Gasteiger partial charge in [-0.3, -0.25) is 19.5 Å². The van der Waals surface area contributed by atoms with Gasteiger partial charge >= 0.3 is 0 Å². The van der Waals surface area contributed by atoms with Crippen molar-refractivity contribution in [2.45, 2.75) is 63.3 Å². The molecule has 40 heavy (non-hydrogen) atoms. The number of carbonyl (C=O) groups is 2. The molecule has 1 aliphatic carbocycles. The number of aliphatic hydroxyl groups excluding tert-OH is 1. The van der Waals surface area contributed by atoms with Crippen molar-refractivity contribution in [1.82, 2.24) is 25.7 Å². The van der Waals surface area contributed by atoms with Crippen molar-refractivity contribution in [3.8, 4) is 11.3 Å². The lowest BCUT2D eigenvalue weighted by Crippen LogP contribution is -2.59. The number of aromatic nitrogens is 2. The van der Waals surface area contributed by atoms with Crippen LogP contribution in [0.3, 0.4) is 0 Å². The third kappa shape index (κ3) is 6.20. The van der Waals surface area contributed by atoms with Crippen LogP contribution >= 0.6 is 0 Å². The van der Waals surface area contributed by atoms with Gasteiger partial charge in [0, 0.05) is 43.5 Å². The number of rotatable bonds is 7. The Kier molecular flexibility index (Phi) is 8.51. The molecule has 1 aromatic carbocycles. The molecule has 1 aliphatic heterocycles. The Morgan fingerprint density at radius 3 is 2.70 bits per heavy atom. The molecule has 1 saturated heterocycles. The Labute approximate surface area is 231 Å². The van der Waals surface area contributed by atoms with Crippen LogP contribution in [0.4, 0.5) is 8.78 Å². The van der Waals surface area contributed by atoms with E-state index in [9.17, 15) is 23.5 Å². The molecule has 2 amide bonds. The van der Waals surface area contributed by atoms with Crippen LogP contribution in [-0.2, 0) is 4.79 Å². The van der Waals surface area contributed by atoms with Gasteiger partial charge in [0.25, 0.3) is 5.91 Å². The predicted octanol–water partition coefficient (Wildman–Crippen LogP) is 3.62. The van der Waals surface area contributed by atoms with Crippen LogP contribution in [0.15, 0.2) is 53.2 Å². The minimum Gasteiger partial charge on any atom is -0.391 e. The topological polar surface area (TPSA) is 121 Å². The van der Waals surface area contributed by atoms with Crippen molar-refractivity contribution in [2.75, 3.05) is 13.1 Å². The van der Waals surface area contributed by atoms with Crippen molar-refractivity contribution in [1.29, 1.82) is 0 Å². The second kappa shape index (κ2) is 12.2. The summed E-state index contributed by atoms with van der Waals surface area (Å²) >= 11 is 0. The van der Waals surface area contributed by atoms with Crippen molar-refractivity contribution in [2.24, 2.45) is 5.92 Å². The summed E-state index contributed by atoms with van der Waals surface area (Å²) in [5, 5.41) is 20.4. The van der Waals surface area contributed by atoms with Gasteiger partial charge in [-0.05, 0) is 50.5 Å². The highest BCUT2D eigenvalue weighted by Crippen LogP contribution is 2.29. The summed E-state index contributed by atoms with van der Waals surface area (Å²) in [5.74, 6) is -2.97. The molecular formula is C29H33F2N5O4. The van der Waals surface area contributed by atoms with Gasteiger partial charge in [-0.25, -0.2) is 8.78 Å². The van der Waals surface area contributed by atoms with Crippen LogP contribution in [0.2, 0.25) is 0 Å². The minimum absolute atomic E-state index is 0.0118. The Morgan fingerprint density at radius 1 is 1.12 bits per heavy atom. The van der Waals surface area contributed by atoms with Gasteiger partial charge in [-0.15, -0.1) is 0 Å². The molecule has 0 unspecified atom stereocenters. The Hall–Kier alpha value is -3.70. The van der Waals surface area contributed by atoms with Crippen LogP contribution in [0.1, 0.15) is 61.3 Å². The Bertz CT molecular complexity index is 1340. The second-order valence-electron chi connectivity index (χ2n) is 10.6. The minimum atomic E-state index is -0.834. The lowest BCUT2D eigenvalue weighted by atomic mass is 9.85. The first kappa shape index (κ1) is 27.9. The van der Waals surface area contributed by atoms with Crippen LogP contribution in [0, 0.1) is 17.6 Å². The summed E-state index contributed by atoms with van der Waals surface area (Å²) in [7, 11) is 0. The molecule has 9 nitrogen and oxygen atoms in total. The number of amides is 2. The number of hydrogen-bond acceptors (Lipinski definition) is 7. The number of likely N-dealkylation sites (tertiary alicyclic amines) is 1. The third-order valence-electron chi connectivity index (χ3n) is 7.89. The summed E-state index contributed by atoms with van der Waals surface area (Å²) in [6, 6.07) is 8.93. The van der Waals surface area contributed by atoms with Crippen molar-refractivity contribution < 1.29 is 28.0 Å². The average Bonchev–Trinajstić information content (AvgIpc) is 3.44.